The van der Waals surface area contributed by atoms with E-state index >= 15 is 0 Å². The molecule has 2 aromatic rings. The average molecular weight is 406 g/mol. The van der Waals surface area contributed by atoms with E-state index in [-0.39, 0.29) is 26.3 Å². The summed E-state index contributed by atoms with van der Waals surface area (Å²) in [6, 6.07) is 14.6. The molecule has 0 aromatic heterocycles. The summed E-state index contributed by atoms with van der Waals surface area (Å²) in [5, 5.41) is 20.0. The van der Waals surface area contributed by atoms with Gasteiger partial charge in [-0.1, -0.05) is 24.3 Å². The first-order valence-corrected chi connectivity index (χ1v) is 9.56. The average Bonchev–Trinajstić information content (AvgIpc) is 2.75. The van der Waals surface area contributed by atoms with Crippen molar-refractivity contribution in [2.45, 2.75) is 19.1 Å². The zero-order valence-corrected chi connectivity index (χ0v) is 16.8. The van der Waals surface area contributed by atoms with Gasteiger partial charge in [-0.25, -0.2) is 0 Å². The summed E-state index contributed by atoms with van der Waals surface area (Å²) >= 11 is 0. The normalized spacial score (nSPS) is 12.8. The lowest BCUT2D eigenvalue weighted by molar-refractivity contribution is 0.0867. The van der Waals surface area contributed by atoms with Gasteiger partial charge in [0.2, 0.25) is 0 Å². The molecule has 2 unspecified atom stereocenters. The third-order valence-corrected chi connectivity index (χ3v) is 3.88. The van der Waals surface area contributed by atoms with E-state index in [0.29, 0.717) is 29.6 Å². The van der Waals surface area contributed by atoms with Gasteiger partial charge in [0.15, 0.2) is 23.0 Å². The van der Waals surface area contributed by atoms with Crippen LogP contribution in [0.1, 0.15) is 6.92 Å². The molecule has 8 nitrogen and oxygen atoms in total. The van der Waals surface area contributed by atoms with Gasteiger partial charge in [-0.2, -0.15) is 0 Å². The summed E-state index contributed by atoms with van der Waals surface area (Å²) < 4.78 is 21.9. The fourth-order valence-electron chi connectivity index (χ4n) is 2.45. The number of hydrazine groups is 1. The number of ether oxygens (including phenoxy) is 4. The second kappa shape index (κ2) is 12.8. The molecule has 0 saturated heterocycles. The maximum absolute atomic E-state index is 10.0. The van der Waals surface area contributed by atoms with Gasteiger partial charge < -0.3 is 29.2 Å². The molecule has 2 aromatic carbocycles. The molecule has 0 aliphatic carbocycles. The van der Waals surface area contributed by atoms with Crippen molar-refractivity contribution in [3.8, 4) is 23.0 Å². The predicted molar refractivity (Wildman–Crippen MR) is 110 cm³/mol. The second-order valence-corrected chi connectivity index (χ2v) is 6.22. The Morgan fingerprint density at radius 2 is 1.14 bits per heavy atom. The quantitative estimate of drug-likeness (QED) is 0.276. The Bertz CT molecular complexity index is 715. The maximum Gasteiger partial charge on any atom is 0.161 e. The van der Waals surface area contributed by atoms with Crippen LogP contribution in [0.15, 0.2) is 48.5 Å². The fourth-order valence-corrected chi connectivity index (χ4v) is 2.45. The van der Waals surface area contributed by atoms with Crippen LogP contribution in [-0.2, 0) is 0 Å². The molecule has 0 amide bonds. The zero-order chi connectivity index (χ0) is 20.9. The molecule has 29 heavy (non-hydrogen) atoms. The molecular weight excluding hydrogens is 376 g/mol. The Labute approximate surface area is 171 Å². The first-order chi connectivity index (χ1) is 14.1. The van der Waals surface area contributed by atoms with Crippen molar-refractivity contribution in [2.24, 2.45) is 0 Å². The van der Waals surface area contributed by atoms with Crippen LogP contribution >= 0.6 is 0 Å². The van der Waals surface area contributed by atoms with Crippen molar-refractivity contribution in [2.75, 3.05) is 40.0 Å². The number of nitrogens with one attached hydrogen (secondary N) is 2. The monoisotopic (exact) mass is 406 g/mol. The third kappa shape index (κ3) is 8.16. The van der Waals surface area contributed by atoms with E-state index in [1.807, 2.05) is 37.3 Å². The molecule has 0 aliphatic heterocycles. The van der Waals surface area contributed by atoms with Gasteiger partial charge in [-0.15, -0.1) is 0 Å². The SMILES string of the molecule is CCOc1ccccc1OCC(O)CNNCC(O)COc1ccccc1OC. The molecule has 0 fully saturated rings. The molecular formula is C21H30N2O6. The highest BCUT2D eigenvalue weighted by Crippen LogP contribution is 2.26. The van der Waals surface area contributed by atoms with Gasteiger partial charge in [0.05, 0.1) is 13.7 Å². The molecule has 0 radical (unpaired) electrons. The van der Waals surface area contributed by atoms with Crippen LogP contribution in [0.3, 0.4) is 0 Å². The van der Waals surface area contributed by atoms with Gasteiger partial charge >= 0.3 is 0 Å². The molecule has 160 valence electrons. The molecule has 2 atom stereocenters. The molecule has 8 heteroatoms. The van der Waals surface area contributed by atoms with E-state index in [1.165, 1.54) is 0 Å². The van der Waals surface area contributed by atoms with Gasteiger partial charge in [0.25, 0.3) is 0 Å². The molecule has 0 spiro atoms. The van der Waals surface area contributed by atoms with E-state index in [1.54, 1.807) is 25.3 Å². The van der Waals surface area contributed by atoms with Crippen LogP contribution in [0.5, 0.6) is 23.0 Å². The van der Waals surface area contributed by atoms with Crippen LogP contribution in [0, 0.1) is 0 Å². The van der Waals surface area contributed by atoms with E-state index in [4.69, 9.17) is 18.9 Å². The highest BCUT2D eigenvalue weighted by molar-refractivity contribution is 5.40. The highest BCUT2D eigenvalue weighted by atomic mass is 16.5. The number of hydrogen-bond donors (Lipinski definition) is 4. The lowest BCUT2D eigenvalue weighted by Crippen LogP contribution is -2.44. The molecule has 0 bridgehead atoms. The minimum absolute atomic E-state index is 0.106. The number of rotatable bonds is 14. The molecule has 4 N–H and O–H groups in total. The van der Waals surface area contributed by atoms with Crippen molar-refractivity contribution >= 4 is 0 Å². The Balaban J connectivity index is 1.61. The van der Waals surface area contributed by atoms with Gasteiger partial charge in [0.1, 0.15) is 25.4 Å². The number of hydrogen-bond acceptors (Lipinski definition) is 8. The van der Waals surface area contributed by atoms with Crippen molar-refractivity contribution in [1.29, 1.82) is 0 Å². The summed E-state index contributed by atoms with van der Waals surface area (Å²) in [4.78, 5) is 0. The van der Waals surface area contributed by atoms with Crippen LogP contribution < -0.4 is 29.8 Å². The minimum atomic E-state index is -0.737. The lowest BCUT2D eigenvalue weighted by Gasteiger charge is -2.17. The first-order valence-electron chi connectivity index (χ1n) is 9.56. The van der Waals surface area contributed by atoms with Crippen molar-refractivity contribution in [3.05, 3.63) is 48.5 Å². The standard InChI is InChI=1S/C21H30N2O6/c1-3-27-20-10-6-7-11-21(20)29-15-17(25)13-23-22-12-16(24)14-28-19-9-5-4-8-18(19)26-2/h4-11,16-17,22-25H,3,12-15H2,1-2H3. The van der Waals surface area contributed by atoms with Crippen molar-refractivity contribution < 1.29 is 29.2 Å². The van der Waals surface area contributed by atoms with Crippen LogP contribution in [0.25, 0.3) is 0 Å². The number of para-hydroxylation sites is 4. The largest absolute Gasteiger partial charge is 0.493 e. The second-order valence-electron chi connectivity index (χ2n) is 6.22. The summed E-state index contributed by atoms with van der Waals surface area (Å²) in [5.74, 6) is 2.42. The van der Waals surface area contributed by atoms with Crippen LogP contribution in [0.2, 0.25) is 0 Å². The van der Waals surface area contributed by atoms with E-state index < -0.39 is 12.2 Å². The third-order valence-electron chi connectivity index (χ3n) is 3.88. The topological polar surface area (TPSA) is 101 Å². The van der Waals surface area contributed by atoms with Crippen molar-refractivity contribution in [3.63, 3.8) is 0 Å². The minimum Gasteiger partial charge on any atom is -0.493 e. The Morgan fingerprint density at radius 3 is 1.59 bits per heavy atom. The summed E-state index contributed by atoms with van der Waals surface area (Å²) in [5.41, 5.74) is 5.72. The van der Waals surface area contributed by atoms with E-state index in [9.17, 15) is 10.2 Å². The smallest absolute Gasteiger partial charge is 0.161 e. The van der Waals surface area contributed by atoms with Gasteiger partial charge in [-0.05, 0) is 31.2 Å². The van der Waals surface area contributed by atoms with Gasteiger partial charge in [0, 0.05) is 13.1 Å². The summed E-state index contributed by atoms with van der Waals surface area (Å²) in [6.45, 7) is 3.15. The molecule has 0 heterocycles. The summed E-state index contributed by atoms with van der Waals surface area (Å²) in [7, 11) is 1.56. The Hall–Kier alpha value is -2.52. The number of methoxy groups -OCH3 is 1. The van der Waals surface area contributed by atoms with Crippen LogP contribution in [-0.4, -0.2) is 62.4 Å². The number of aliphatic hydroxyl groups excluding tert-OH is 2. The van der Waals surface area contributed by atoms with Gasteiger partial charge in [-0.3, -0.25) is 10.9 Å². The predicted octanol–water partition coefficient (Wildman–Crippen LogP) is 1.37. The molecule has 0 aliphatic rings. The van der Waals surface area contributed by atoms with Crippen molar-refractivity contribution in [1.82, 2.24) is 10.9 Å². The molecule has 0 saturated carbocycles. The lowest BCUT2D eigenvalue weighted by atomic mass is 10.3. The fraction of sp³-hybridized carbons (Fsp3) is 0.429. The van der Waals surface area contributed by atoms with Crippen LogP contribution in [0.4, 0.5) is 0 Å². The Kier molecular flexibility index (Phi) is 10.1. The number of benzene rings is 2. The zero-order valence-electron chi connectivity index (χ0n) is 16.8. The number of aliphatic hydroxyl groups is 2. The van der Waals surface area contributed by atoms with E-state index in [2.05, 4.69) is 10.9 Å². The maximum atomic E-state index is 10.0. The highest BCUT2D eigenvalue weighted by Gasteiger charge is 2.10. The first kappa shape index (κ1) is 22.8. The molecule has 2 rings (SSSR count). The Morgan fingerprint density at radius 1 is 0.724 bits per heavy atom. The summed E-state index contributed by atoms with van der Waals surface area (Å²) in [6.07, 6.45) is -1.47. The van der Waals surface area contributed by atoms with E-state index in [0.717, 1.165) is 0 Å².